The van der Waals surface area contributed by atoms with E-state index in [1.165, 1.54) is 23.3 Å². The van der Waals surface area contributed by atoms with E-state index in [4.69, 9.17) is 4.74 Å². The van der Waals surface area contributed by atoms with Gasteiger partial charge in [0.05, 0.1) is 10.2 Å². The molecule has 1 aliphatic carbocycles. The van der Waals surface area contributed by atoms with E-state index in [-0.39, 0.29) is 12.5 Å². The second-order valence-electron chi connectivity index (χ2n) is 5.55. The number of nitrogens with one attached hydrogen (secondary N) is 1. The highest BCUT2D eigenvalue weighted by atomic mass is 79.9. The molecule has 122 valence electrons. The molecule has 1 N–H and O–H groups in total. The van der Waals surface area contributed by atoms with E-state index >= 15 is 0 Å². The molecule has 6 heteroatoms. The summed E-state index contributed by atoms with van der Waals surface area (Å²) in [6.45, 7) is 2.08. The van der Waals surface area contributed by atoms with Gasteiger partial charge in [0.25, 0.3) is 5.91 Å². The van der Waals surface area contributed by atoms with Crippen LogP contribution in [0.1, 0.15) is 35.9 Å². The highest BCUT2D eigenvalue weighted by molar-refractivity contribution is 9.10. The Bertz CT molecular complexity index is 691. The number of aromatic nitrogens is 1. The predicted molar refractivity (Wildman–Crippen MR) is 96.4 cm³/mol. The van der Waals surface area contributed by atoms with Gasteiger partial charge in [-0.05, 0) is 65.7 Å². The number of hydrogen-bond acceptors (Lipinski definition) is 4. The summed E-state index contributed by atoms with van der Waals surface area (Å²) in [5.41, 5.74) is 2.37. The topological polar surface area (TPSA) is 51.2 Å². The molecule has 0 saturated carbocycles. The summed E-state index contributed by atoms with van der Waals surface area (Å²) in [5.74, 6) is 0.498. The third-order valence-corrected chi connectivity index (χ3v) is 5.55. The van der Waals surface area contributed by atoms with Gasteiger partial charge in [0, 0.05) is 4.88 Å². The monoisotopic (exact) mass is 394 g/mol. The van der Waals surface area contributed by atoms with Crippen molar-refractivity contribution in [2.24, 2.45) is 0 Å². The van der Waals surface area contributed by atoms with Crippen LogP contribution in [0.4, 0.5) is 5.13 Å². The molecule has 1 aliphatic rings. The van der Waals surface area contributed by atoms with Gasteiger partial charge in [0.2, 0.25) is 0 Å². The summed E-state index contributed by atoms with van der Waals surface area (Å²) in [6.07, 6.45) is 5.47. The van der Waals surface area contributed by atoms with Crippen LogP contribution in [-0.2, 0) is 24.1 Å². The first-order valence-electron chi connectivity index (χ1n) is 7.85. The first-order chi connectivity index (χ1) is 11.2. The summed E-state index contributed by atoms with van der Waals surface area (Å²) in [4.78, 5) is 17.9. The summed E-state index contributed by atoms with van der Waals surface area (Å²) in [7, 11) is 0. The van der Waals surface area contributed by atoms with Crippen LogP contribution in [0.15, 0.2) is 22.7 Å². The number of ether oxygens (including phenoxy) is 1. The van der Waals surface area contributed by atoms with E-state index in [1.54, 1.807) is 11.3 Å². The van der Waals surface area contributed by atoms with Crippen LogP contribution in [0.3, 0.4) is 0 Å². The third-order valence-electron chi connectivity index (χ3n) is 3.86. The first kappa shape index (κ1) is 16.5. The number of carbonyl (C=O) groups excluding carboxylic acids is 1. The minimum atomic E-state index is -0.178. The van der Waals surface area contributed by atoms with Crippen molar-refractivity contribution in [3.63, 3.8) is 0 Å². The van der Waals surface area contributed by atoms with Crippen LogP contribution in [0, 0.1) is 0 Å². The van der Waals surface area contributed by atoms with Crippen LogP contribution < -0.4 is 10.1 Å². The molecule has 0 bridgehead atoms. The van der Waals surface area contributed by atoms with Gasteiger partial charge in [-0.3, -0.25) is 10.1 Å². The van der Waals surface area contributed by atoms with Gasteiger partial charge in [-0.25, -0.2) is 4.98 Å². The molecule has 0 spiro atoms. The summed E-state index contributed by atoms with van der Waals surface area (Å²) < 4.78 is 6.46. The molecule has 23 heavy (non-hydrogen) atoms. The molecule has 1 amide bonds. The van der Waals surface area contributed by atoms with Gasteiger partial charge in [0.1, 0.15) is 5.75 Å². The van der Waals surface area contributed by atoms with Crippen molar-refractivity contribution >= 4 is 38.3 Å². The third kappa shape index (κ3) is 4.12. The smallest absolute Gasteiger partial charge is 0.264 e. The Hall–Kier alpha value is -1.40. The lowest BCUT2D eigenvalue weighted by Crippen LogP contribution is -2.20. The summed E-state index contributed by atoms with van der Waals surface area (Å²) >= 11 is 5.06. The van der Waals surface area contributed by atoms with Crippen molar-refractivity contribution in [3.8, 4) is 5.75 Å². The fraction of sp³-hybridized carbons (Fsp3) is 0.412. The Morgan fingerprint density at radius 1 is 1.39 bits per heavy atom. The van der Waals surface area contributed by atoms with Crippen molar-refractivity contribution < 1.29 is 9.53 Å². The number of anilines is 1. The predicted octanol–water partition coefficient (Wildman–Crippen LogP) is 4.36. The van der Waals surface area contributed by atoms with Gasteiger partial charge in [-0.1, -0.05) is 13.0 Å². The molecule has 1 heterocycles. The Kier molecular flexibility index (Phi) is 5.33. The van der Waals surface area contributed by atoms with Crippen LogP contribution in [0.25, 0.3) is 0 Å². The number of aryl methyl sites for hydroxylation is 3. The second-order valence-corrected chi connectivity index (χ2v) is 7.49. The Labute approximate surface area is 148 Å². The maximum absolute atomic E-state index is 12.0. The molecule has 0 radical (unpaired) electrons. The normalized spacial score (nSPS) is 13.5. The molecule has 0 atom stereocenters. The lowest BCUT2D eigenvalue weighted by atomic mass is 10.0. The number of fused-ring (bicyclic) bond motifs is 1. The van der Waals surface area contributed by atoms with Crippen LogP contribution in [0.2, 0.25) is 0 Å². The van der Waals surface area contributed by atoms with Crippen molar-refractivity contribution in [1.29, 1.82) is 0 Å². The van der Waals surface area contributed by atoms with Crippen molar-refractivity contribution in [2.75, 3.05) is 11.9 Å². The lowest BCUT2D eigenvalue weighted by Gasteiger charge is -2.08. The maximum Gasteiger partial charge on any atom is 0.264 e. The van der Waals surface area contributed by atoms with Crippen LogP contribution in [0.5, 0.6) is 5.75 Å². The fourth-order valence-corrected chi connectivity index (χ4v) is 4.19. The number of amides is 1. The Balaban J connectivity index is 1.56. The van der Waals surface area contributed by atoms with E-state index in [0.29, 0.717) is 10.9 Å². The molecular formula is C17H19BrN2O2S. The van der Waals surface area contributed by atoms with E-state index in [2.05, 4.69) is 33.2 Å². The van der Waals surface area contributed by atoms with Gasteiger partial charge in [-0.2, -0.15) is 0 Å². The van der Waals surface area contributed by atoms with Gasteiger partial charge < -0.3 is 4.74 Å². The number of nitrogens with zero attached hydrogens (tertiary/aromatic N) is 1. The number of rotatable bonds is 5. The van der Waals surface area contributed by atoms with Crippen molar-refractivity contribution in [2.45, 2.75) is 39.0 Å². The van der Waals surface area contributed by atoms with Crippen molar-refractivity contribution in [3.05, 3.63) is 38.8 Å². The number of thiazole rings is 1. The highest BCUT2D eigenvalue weighted by Gasteiger charge is 2.16. The molecule has 0 aliphatic heterocycles. The number of benzene rings is 1. The molecule has 0 fully saturated rings. The Morgan fingerprint density at radius 3 is 2.96 bits per heavy atom. The second kappa shape index (κ2) is 7.45. The zero-order chi connectivity index (χ0) is 16.2. The molecule has 1 aromatic heterocycles. The average Bonchev–Trinajstić information content (AvgIpc) is 2.95. The summed E-state index contributed by atoms with van der Waals surface area (Å²) in [6, 6.07) is 5.91. The maximum atomic E-state index is 12.0. The minimum absolute atomic E-state index is 0.0195. The lowest BCUT2D eigenvalue weighted by molar-refractivity contribution is -0.118. The van der Waals surface area contributed by atoms with E-state index in [0.717, 1.165) is 29.4 Å². The van der Waals surface area contributed by atoms with Crippen molar-refractivity contribution in [1.82, 2.24) is 4.98 Å². The highest BCUT2D eigenvalue weighted by Crippen LogP contribution is 2.30. The molecule has 1 aromatic carbocycles. The number of halogens is 1. The average molecular weight is 395 g/mol. The van der Waals surface area contributed by atoms with Crippen LogP contribution >= 0.6 is 27.3 Å². The molecule has 0 saturated heterocycles. The van der Waals surface area contributed by atoms with E-state index in [1.807, 2.05) is 18.2 Å². The van der Waals surface area contributed by atoms with E-state index < -0.39 is 0 Å². The van der Waals surface area contributed by atoms with Crippen LogP contribution in [-0.4, -0.2) is 17.5 Å². The zero-order valence-electron chi connectivity index (χ0n) is 13.0. The molecule has 2 aromatic rings. The molecular weight excluding hydrogens is 376 g/mol. The molecule has 4 nitrogen and oxygen atoms in total. The zero-order valence-corrected chi connectivity index (χ0v) is 15.4. The van der Waals surface area contributed by atoms with Gasteiger partial charge in [0.15, 0.2) is 11.7 Å². The minimum Gasteiger partial charge on any atom is -0.483 e. The fourth-order valence-electron chi connectivity index (χ4n) is 2.59. The Morgan fingerprint density at radius 2 is 2.22 bits per heavy atom. The van der Waals surface area contributed by atoms with Gasteiger partial charge in [-0.15, -0.1) is 11.3 Å². The number of hydrogen-bond donors (Lipinski definition) is 1. The van der Waals surface area contributed by atoms with Gasteiger partial charge >= 0.3 is 0 Å². The number of carbonyl (C=O) groups is 1. The standard InChI is InChI=1S/C17H19BrN2O2S/c1-2-11-7-8-14(12(18)9-11)22-10-16(21)20-17-19-13-5-3-4-6-15(13)23-17/h7-9H,2-6,10H2,1H3,(H,19,20,21). The van der Waals surface area contributed by atoms with E-state index in [9.17, 15) is 4.79 Å². The quantitative estimate of drug-likeness (QED) is 0.818. The molecule has 0 unspecified atom stereocenters. The summed E-state index contributed by atoms with van der Waals surface area (Å²) in [5, 5.41) is 3.53. The largest absolute Gasteiger partial charge is 0.483 e. The SMILES string of the molecule is CCc1ccc(OCC(=O)Nc2nc3c(s2)CCCC3)c(Br)c1. The first-order valence-corrected chi connectivity index (χ1v) is 9.46. The molecule has 3 rings (SSSR count).